The van der Waals surface area contributed by atoms with Crippen LogP contribution >= 0.6 is 0 Å². The second-order valence-electron chi connectivity index (χ2n) is 4.71. The van der Waals surface area contributed by atoms with Crippen LogP contribution in [0.4, 0.5) is 0 Å². The molecule has 1 heterocycles. The smallest absolute Gasteiger partial charge is 0.351 e. The van der Waals surface area contributed by atoms with Gasteiger partial charge in [-0.3, -0.25) is 4.79 Å². The molecule has 0 aliphatic rings. The molecule has 0 spiro atoms. The second kappa shape index (κ2) is 6.83. The maximum atomic E-state index is 12.1. The van der Waals surface area contributed by atoms with Gasteiger partial charge in [-0.25, -0.2) is 4.79 Å². The summed E-state index contributed by atoms with van der Waals surface area (Å²) < 4.78 is 15.1. The van der Waals surface area contributed by atoms with E-state index in [4.69, 9.17) is 13.9 Å². The summed E-state index contributed by atoms with van der Waals surface area (Å²) in [5, 5.41) is 9.75. The SMILES string of the molecule is COc1ccc(/C=C\C(=O)c2c(O)cc(C)oc2=O)c(OC)c1. The summed E-state index contributed by atoms with van der Waals surface area (Å²) in [7, 11) is 3.03. The summed E-state index contributed by atoms with van der Waals surface area (Å²) in [6.07, 6.45) is 2.66. The van der Waals surface area contributed by atoms with Crippen LogP contribution in [0.1, 0.15) is 21.7 Å². The number of methoxy groups -OCH3 is 2. The molecule has 0 bridgehead atoms. The molecule has 120 valence electrons. The number of hydrogen-bond donors (Lipinski definition) is 1. The Morgan fingerprint density at radius 1 is 1.22 bits per heavy atom. The van der Waals surface area contributed by atoms with Crippen molar-refractivity contribution in [3.05, 3.63) is 57.6 Å². The Bertz CT molecular complexity index is 816. The van der Waals surface area contributed by atoms with E-state index in [9.17, 15) is 14.7 Å². The molecule has 1 aromatic carbocycles. The maximum Gasteiger partial charge on any atom is 0.351 e. The van der Waals surface area contributed by atoms with Crippen LogP contribution in [0, 0.1) is 6.92 Å². The van der Waals surface area contributed by atoms with Gasteiger partial charge in [0.05, 0.1) is 14.2 Å². The molecule has 0 saturated heterocycles. The fourth-order valence-corrected chi connectivity index (χ4v) is 2.03. The summed E-state index contributed by atoms with van der Waals surface area (Å²) >= 11 is 0. The molecule has 0 aliphatic carbocycles. The molecule has 0 fully saturated rings. The molecule has 6 nitrogen and oxygen atoms in total. The molecule has 0 unspecified atom stereocenters. The van der Waals surface area contributed by atoms with Crippen molar-refractivity contribution in [1.29, 1.82) is 0 Å². The third kappa shape index (κ3) is 3.60. The minimum Gasteiger partial charge on any atom is -0.507 e. The Balaban J connectivity index is 2.34. The predicted octanol–water partition coefficient (Wildman–Crippen LogP) is 2.57. The standard InChI is InChI=1S/C17H16O6/c1-10-8-14(19)16(17(20)23-10)13(18)7-5-11-4-6-12(21-2)9-15(11)22-3/h4-9,19H,1-3H3/b7-5-. The van der Waals surface area contributed by atoms with Crippen LogP contribution in [0.25, 0.3) is 6.08 Å². The Morgan fingerprint density at radius 2 is 1.96 bits per heavy atom. The molecule has 1 aromatic heterocycles. The minimum atomic E-state index is -0.876. The fourth-order valence-electron chi connectivity index (χ4n) is 2.03. The van der Waals surface area contributed by atoms with E-state index in [1.54, 1.807) is 18.2 Å². The summed E-state index contributed by atoms with van der Waals surface area (Å²) in [6, 6.07) is 6.31. The van der Waals surface area contributed by atoms with Crippen molar-refractivity contribution in [3.8, 4) is 17.2 Å². The van der Waals surface area contributed by atoms with E-state index < -0.39 is 22.7 Å². The van der Waals surface area contributed by atoms with E-state index >= 15 is 0 Å². The summed E-state index contributed by atoms with van der Waals surface area (Å²) in [5.41, 5.74) is -0.657. The molecule has 0 aliphatic heterocycles. The normalized spacial score (nSPS) is 10.7. The van der Waals surface area contributed by atoms with Crippen LogP contribution in [-0.4, -0.2) is 25.1 Å². The lowest BCUT2D eigenvalue weighted by atomic mass is 10.1. The van der Waals surface area contributed by atoms with Crippen molar-refractivity contribution in [2.75, 3.05) is 14.2 Å². The molecule has 23 heavy (non-hydrogen) atoms. The maximum absolute atomic E-state index is 12.1. The van der Waals surface area contributed by atoms with E-state index in [1.807, 2.05) is 0 Å². The van der Waals surface area contributed by atoms with Crippen molar-refractivity contribution < 1.29 is 23.8 Å². The van der Waals surface area contributed by atoms with Crippen LogP contribution in [-0.2, 0) is 0 Å². The molecule has 0 radical (unpaired) electrons. The number of benzene rings is 1. The Kier molecular flexibility index (Phi) is 4.85. The van der Waals surface area contributed by atoms with Crippen LogP contribution in [0.5, 0.6) is 17.2 Å². The third-order valence-electron chi connectivity index (χ3n) is 3.16. The van der Waals surface area contributed by atoms with Crippen molar-refractivity contribution in [2.45, 2.75) is 6.92 Å². The van der Waals surface area contributed by atoms with Crippen molar-refractivity contribution in [3.63, 3.8) is 0 Å². The van der Waals surface area contributed by atoms with Crippen LogP contribution in [0.15, 0.2) is 39.6 Å². The van der Waals surface area contributed by atoms with Gasteiger partial charge in [0.15, 0.2) is 5.78 Å². The first kappa shape index (κ1) is 16.4. The quantitative estimate of drug-likeness (QED) is 0.674. The molecular weight excluding hydrogens is 300 g/mol. The molecule has 0 saturated carbocycles. The first-order chi connectivity index (χ1) is 11.0. The molecule has 0 atom stereocenters. The lowest BCUT2D eigenvalue weighted by Gasteiger charge is -2.07. The van der Waals surface area contributed by atoms with Crippen LogP contribution in [0.3, 0.4) is 0 Å². The van der Waals surface area contributed by atoms with Crippen molar-refractivity contribution in [2.24, 2.45) is 0 Å². The predicted molar refractivity (Wildman–Crippen MR) is 84.3 cm³/mol. The zero-order chi connectivity index (χ0) is 17.0. The van der Waals surface area contributed by atoms with E-state index in [0.717, 1.165) is 0 Å². The number of ether oxygens (including phenoxy) is 2. The van der Waals surface area contributed by atoms with Gasteiger partial charge in [0, 0.05) is 17.7 Å². The molecule has 6 heteroatoms. The Labute approximate surface area is 132 Å². The average Bonchev–Trinajstić information content (AvgIpc) is 2.51. The number of rotatable bonds is 5. The van der Waals surface area contributed by atoms with Crippen LogP contribution < -0.4 is 15.1 Å². The summed E-state index contributed by atoms with van der Waals surface area (Å²) in [6.45, 7) is 1.51. The largest absolute Gasteiger partial charge is 0.507 e. The minimum absolute atomic E-state index is 0.227. The first-order valence-corrected chi connectivity index (χ1v) is 6.74. The average molecular weight is 316 g/mol. The van der Waals surface area contributed by atoms with Gasteiger partial charge in [-0.2, -0.15) is 0 Å². The zero-order valence-electron chi connectivity index (χ0n) is 13.0. The van der Waals surface area contributed by atoms with Gasteiger partial charge >= 0.3 is 5.63 Å². The van der Waals surface area contributed by atoms with Gasteiger partial charge in [0.2, 0.25) is 0 Å². The number of carbonyl (C=O) groups is 1. The lowest BCUT2D eigenvalue weighted by Crippen LogP contribution is -2.12. The second-order valence-corrected chi connectivity index (χ2v) is 4.71. The van der Waals surface area contributed by atoms with Gasteiger partial charge in [-0.15, -0.1) is 0 Å². The van der Waals surface area contributed by atoms with Gasteiger partial charge in [0.25, 0.3) is 0 Å². The lowest BCUT2D eigenvalue weighted by molar-refractivity contribution is 0.104. The summed E-state index contributed by atoms with van der Waals surface area (Å²) in [4.78, 5) is 23.8. The van der Waals surface area contributed by atoms with E-state index in [1.165, 1.54) is 39.4 Å². The van der Waals surface area contributed by atoms with Gasteiger partial charge in [-0.1, -0.05) is 0 Å². The molecule has 0 amide bonds. The number of aryl methyl sites for hydroxylation is 1. The topological polar surface area (TPSA) is 86.0 Å². The third-order valence-corrected chi connectivity index (χ3v) is 3.16. The molecule has 2 aromatic rings. The van der Waals surface area contributed by atoms with Crippen molar-refractivity contribution in [1.82, 2.24) is 0 Å². The van der Waals surface area contributed by atoms with E-state index in [0.29, 0.717) is 17.1 Å². The summed E-state index contributed by atoms with van der Waals surface area (Å²) in [5.74, 6) is 0.282. The fraction of sp³-hybridized carbons (Fsp3) is 0.176. The van der Waals surface area contributed by atoms with E-state index in [-0.39, 0.29) is 5.76 Å². The molecule has 2 rings (SSSR count). The molecular formula is C17H16O6. The highest BCUT2D eigenvalue weighted by Gasteiger charge is 2.16. The van der Waals surface area contributed by atoms with Gasteiger partial charge < -0.3 is 19.0 Å². The number of allylic oxidation sites excluding steroid dienone is 1. The van der Waals surface area contributed by atoms with Gasteiger partial charge in [-0.05, 0) is 31.2 Å². The molecule has 1 N–H and O–H groups in total. The Hall–Kier alpha value is -3.02. The van der Waals surface area contributed by atoms with E-state index in [2.05, 4.69) is 0 Å². The zero-order valence-corrected chi connectivity index (χ0v) is 13.0. The number of carbonyl (C=O) groups excluding carboxylic acids is 1. The van der Waals surface area contributed by atoms with Crippen LogP contribution in [0.2, 0.25) is 0 Å². The number of hydrogen-bond acceptors (Lipinski definition) is 6. The van der Waals surface area contributed by atoms with Crippen molar-refractivity contribution >= 4 is 11.9 Å². The monoisotopic (exact) mass is 316 g/mol. The first-order valence-electron chi connectivity index (χ1n) is 6.74. The Morgan fingerprint density at radius 3 is 2.57 bits per heavy atom. The highest BCUT2D eigenvalue weighted by atomic mass is 16.5. The highest BCUT2D eigenvalue weighted by molar-refractivity contribution is 6.08. The number of ketones is 1. The highest BCUT2D eigenvalue weighted by Crippen LogP contribution is 2.26. The number of aromatic hydroxyl groups is 1. The van der Waals surface area contributed by atoms with Gasteiger partial charge in [0.1, 0.15) is 28.6 Å².